The molecule has 2 rings (SSSR count). The molecule has 0 aliphatic rings. The molecular weight excluding hydrogens is 279 g/mol. The van der Waals surface area contributed by atoms with Gasteiger partial charge in [-0.1, -0.05) is 6.07 Å². The largest absolute Gasteiger partial charge is 0.477 e. The van der Waals surface area contributed by atoms with Crippen LogP contribution in [0.5, 0.6) is 0 Å². The van der Waals surface area contributed by atoms with Crippen molar-refractivity contribution in [1.82, 2.24) is 0 Å². The molecule has 100 valence electrons. The van der Waals surface area contributed by atoms with Crippen molar-refractivity contribution in [2.45, 2.75) is 6.18 Å². The summed E-state index contributed by atoms with van der Waals surface area (Å²) < 4.78 is 37.6. The van der Waals surface area contributed by atoms with Gasteiger partial charge in [-0.05, 0) is 29.6 Å². The fraction of sp³-hybridized carbons (Fsp3) is 0.0833. The molecule has 19 heavy (non-hydrogen) atoms. The monoisotopic (exact) mass is 287 g/mol. The lowest BCUT2D eigenvalue weighted by Crippen LogP contribution is -2.05. The molecular formula is C12H8F3NO2S. The number of nitrogens with one attached hydrogen (secondary N) is 1. The fourth-order valence-corrected chi connectivity index (χ4v) is 2.19. The molecule has 0 fully saturated rings. The van der Waals surface area contributed by atoms with Gasteiger partial charge in [0, 0.05) is 5.69 Å². The number of hydrogen-bond donors (Lipinski definition) is 2. The number of carboxylic acid groups (broad SMARTS) is 1. The molecule has 0 spiro atoms. The van der Waals surface area contributed by atoms with Gasteiger partial charge in [-0.25, -0.2) is 4.79 Å². The van der Waals surface area contributed by atoms with Crippen LogP contribution in [-0.2, 0) is 6.18 Å². The summed E-state index contributed by atoms with van der Waals surface area (Å²) in [5.74, 6) is -1.12. The summed E-state index contributed by atoms with van der Waals surface area (Å²) in [6, 6.07) is 6.10. The highest BCUT2D eigenvalue weighted by Gasteiger charge is 2.30. The first kappa shape index (κ1) is 13.4. The van der Waals surface area contributed by atoms with E-state index in [0.717, 1.165) is 23.5 Å². The van der Waals surface area contributed by atoms with Crippen molar-refractivity contribution in [1.29, 1.82) is 0 Å². The maximum absolute atomic E-state index is 12.5. The molecule has 7 heteroatoms. The van der Waals surface area contributed by atoms with Crippen molar-refractivity contribution in [3.63, 3.8) is 0 Å². The Morgan fingerprint density at radius 2 is 2.00 bits per heavy atom. The highest BCUT2D eigenvalue weighted by molar-refractivity contribution is 7.12. The second-order valence-corrected chi connectivity index (χ2v) is 4.59. The van der Waals surface area contributed by atoms with Crippen LogP contribution in [0.2, 0.25) is 0 Å². The van der Waals surface area contributed by atoms with Crippen molar-refractivity contribution < 1.29 is 23.1 Å². The Labute approximate surface area is 110 Å². The van der Waals surface area contributed by atoms with E-state index >= 15 is 0 Å². The van der Waals surface area contributed by atoms with Crippen LogP contribution < -0.4 is 5.32 Å². The highest BCUT2D eigenvalue weighted by Crippen LogP contribution is 2.32. The number of aromatic carboxylic acids is 1. The van der Waals surface area contributed by atoms with Crippen molar-refractivity contribution in [3.05, 3.63) is 46.2 Å². The van der Waals surface area contributed by atoms with E-state index in [1.807, 2.05) is 0 Å². The molecule has 0 bridgehead atoms. The fourth-order valence-electron chi connectivity index (χ4n) is 1.50. The molecule has 0 saturated heterocycles. The molecule has 0 amide bonds. The Kier molecular flexibility index (Phi) is 3.48. The van der Waals surface area contributed by atoms with Crippen LogP contribution in [0.1, 0.15) is 15.2 Å². The Morgan fingerprint density at radius 3 is 2.63 bits per heavy atom. The van der Waals surface area contributed by atoms with Gasteiger partial charge in [0.2, 0.25) is 0 Å². The van der Waals surface area contributed by atoms with E-state index in [2.05, 4.69) is 5.32 Å². The average molecular weight is 287 g/mol. The van der Waals surface area contributed by atoms with Crippen LogP contribution in [0.15, 0.2) is 35.7 Å². The topological polar surface area (TPSA) is 49.3 Å². The molecule has 0 unspecified atom stereocenters. The first-order valence-electron chi connectivity index (χ1n) is 5.13. The zero-order valence-corrected chi connectivity index (χ0v) is 10.2. The standard InChI is InChI=1S/C12H8F3NO2S/c13-12(14,15)7-2-1-3-8(6-7)16-9-4-5-19-10(9)11(17)18/h1-6,16H,(H,17,18). The SMILES string of the molecule is O=C(O)c1sccc1Nc1cccc(C(F)(F)F)c1. The predicted molar refractivity (Wildman–Crippen MR) is 66.0 cm³/mol. The van der Waals surface area contributed by atoms with E-state index in [1.54, 1.807) is 5.38 Å². The Morgan fingerprint density at radius 1 is 1.26 bits per heavy atom. The molecule has 0 atom stereocenters. The Hall–Kier alpha value is -2.02. The number of thiophene rings is 1. The van der Waals surface area contributed by atoms with Crippen molar-refractivity contribution in [3.8, 4) is 0 Å². The van der Waals surface area contributed by atoms with Gasteiger partial charge < -0.3 is 10.4 Å². The van der Waals surface area contributed by atoms with Gasteiger partial charge in [0.15, 0.2) is 0 Å². The van der Waals surface area contributed by atoms with E-state index in [4.69, 9.17) is 5.11 Å². The maximum Gasteiger partial charge on any atom is 0.416 e. The van der Waals surface area contributed by atoms with Crippen LogP contribution in [0.3, 0.4) is 0 Å². The normalized spacial score (nSPS) is 11.3. The van der Waals surface area contributed by atoms with Crippen LogP contribution in [0.4, 0.5) is 24.5 Å². The smallest absolute Gasteiger partial charge is 0.416 e. The highest BCUT2D eigenvalue weighted by atomic mass is 32.1. The van der Waals surface area contributed by atoms with Gasteiger partial charge in [0.25, 0.3) is 0 Å². The number of alkyl halides is 3. The summed E-state index contributed by atoms with van der Waals surface area (Å²) in [6.45, 7) is 0. The number of anilines is 2. The molecule has 0 radical (unpaired) electrons. The van der Waals surface area contributed by atoms with Gasteiger partial charge in [-0.2, -0.15) is 13.2 Å². The zero-order valence-electron chi connectivity index (χ0n) is 9.36. The van der Waals surface area contributed by atoms with Crippen molar-refractivity contribution in [2.75, 3.05) is 5.32 Å². The van der Waals surface area contributed by atoms with E-state index in [9.17, 15) is 18.0 Å². The minimum absolute atomic E-state index is 0.0532. The lowest BCUT2D eigenvalue weighted by molar-refractivity contribution is -0.137. The second-order valence-electron chi connectivity index (χ2n) is 3.67. The lowest BCUT2D eigenvalue weighted by Gasteiger charge is -2.10. The lowest BCUT2D eigenvalue weighted by atomic mass is 10.2. The van der Waals surface area contributed by atoms with E-state index in [-0.39, 0.29) is 16.3 Å². The number of benzene rings is 1. The number of hydrogen-bond acceptors (Lipinski definition) is 3. The summed E-state index contributed by atoms with van der Waals surface area (Å²) in [4.78, 5) is 10.9. The first-order chi connectivity index (χ1) is 8.88. The average Bonchev–Trinajstić information content (AvgIpc) is 2.76. The Balaban J connectivity index is 2.29. The quantitative estimate of drug-likeness (QED) is 0.889. The zero-order chi connectivity index (χ0) is 14.0. The molecule has 0 aliphatic carbocycles. The van der Waals surface area contributed by atoms with Gasteiger partial charge in [0.05, 0.1) is 11.3 Å². The third-order valence-corrected chi connectivity index (χ3v) is 3.23. The first-order valence-corrected chi connectivity index (χ1v) is 6.01. The number of rotatable bonds is 3. The van der Waals surface area contributed by atoms with Crippen molar-refractivity contribution in [2.24, 2.45) is 0 Å². The molecule has 2 N–H and O–H groups in total. The Bertz CT molecular complexity index is 607. The van der Waals surface area contributed by atoms with E-state index < -0.39 is 17.7 Å². The van der Waals surface area contributed by atoms with Crippen molar-refractivity contribution >= 4 is 28.7 Å². The molecule has 3 nitrogen and oxygen atoms in total. The van der Waals surface area contributed by atoms with Gasteiger partial charge >= 0.3 is 12.1 Å². The minimum Gasteiger partial charge on any atom is -0.477 e. The van der Waals surface area contributed by atoms with E-state index in [0.29, 0.717) is 0 Å². The minimum atomic E-state index is -4.43. The number of carbonyl (C=O) groups is 1. The van der Waals surface area contributed by atoms with Crippen LogP contribution >= 0.6 is 11.3 Å². The van der Waals surface area contributed by atoms with Crippen LogP contribution in [-0.4, -0.2) is 11.1 Å². The third-order valence-electron chi connectivity index (χ3n) is 2.33. The molecule has 2 aromatic rings. The third kappa shape index (κ3) is 3.05. The molecule has 1 aromatic heterocycles. The molecule has 0 aliphatic heterocycles. The summed E-state index contributed by atoms with van der Waals surface area (Å²) in [5.41, 5.74) is -0.322. The second kappa shape index (κ2) is 4.93. The summed E-state index contributed by atoms with van der Waals surface area (Å²) >= 11 is 1.00. The predicted octanol–water partition coefficient (Wildman–Crippen LogP) is 4.21. The summed E-state index contributed by atoms with van der Waals surface area (Å²) in [6.07, 6.45) is -4.43. The van der Waals surface area contributed by atoms with Gasteiger partial charge in [-0.3, -0.25) is 0 Å². The molecule has 0 saturated carbocycles. The summed E-state index contributed by atoms with van der Waals surface area (Å²) in [7, 11) is 0. The van der Waals surface area contributed by atoms with Gasteiger partial charge in [-0.15, -0.1) is 11.3 Å². The van der Waals surface area contributed by atoms with Crippen LogP contribution in [0, 0.1) is 0 Å². The van der Waals surface area contributed by atoms with Crippen LogP contribution in [0.25, 0.3) is 0 Å². The molecule has 1 heterocycles. The van der Waals surface area contributed by atoms with E-state index in [1.165, 1.54) is 18.2 Å². The number of halogens is 3. The maximum atomic E-state index is 12.5. The van der Waals surface area contributed by atoms with Gasteiger partial charge in [0.1, 0.15) is 4.88 Å². The number of carboxylic acids is 1. The molecule has 1 aromatic carbocycles. The summed E-state index contributed by atoms with van der Waals surface area (Å²) in [5, 5.41) is 13.1.